The molecule has 7 heteroatoms. The molecule has 1 aromatic heterocycles. The van der Waals surface area contributed by atoms with Gasteiger partial charge < -0.3 is 10.6 Å². The van der Waals surface area contributed by atoms with E-state index in [2.05, 4.69) is 20.6 Å². The minimum Gasteiger partial charge on any atom is -0.348 e. The predicted molar refractivity (Wildman–Crippen MR) is 101 cm³/mol. The molecule has 0 aliphatic heterocycles. The van der Waals surface area contributed by atoms with E-state index in [0.29, 0.717) is 33.1 Å². The largest absolute Gasteiger partial charge is 0.348 e. The summed E-state index contributed by atoms with van der Waals surface area (Å²) in [5.41, 5.74) is 1.64. The van der Waals surface area contributed by atoms with Crippen molar-refractivity contribution in [1.29, 1.82) is 0 Å². The molecule has 5 nitrogen and oxygen atoms in total. The van der Waals surface area contributed by atoms with Gasteiger partial charge in [0, 0.05) is 16.8 Å². The number of carbonyl (C=O) groups excluding carboxylic acids is 1. The molecule has 1 aliphatic carbocycles. The zero-order chi connectivity index (χ0) is 17.8. The number of halogens is 2. The maximum Gasteiger partial charge on any atom is 0.270 e. The Morgan fingerprint density at radius 1 is 1.12 bits per heavy atom. The van der Waals surface area contributed by atoms with Gasteiger partial charge in [-0.25, -0.2) is 9.97 Å². The fourth-order valence-electron chi connectivity index (χ4n) is 2.96. The number of amides is 1. The molecule has 2 N–H and O–H groups in total. The molecule has 25 heavy (non-hydrogen) atoms. The van der Waals surface area contributed by atoms with E-state index < -0.39 is 0 Å². The van der Waals surface area contributed by atoms with Gasteiger partial charge in [-0.1, -0.05) is 42.5 Å². The lowest BCUT2D eigenvalue weighted by Crippen LogP contribution is -2.36. The van der Waals surface area contributed by atoms with Crippen LogP contribution < -0.4 is 10.6 Å². The van der Waals surface area contributed by atoms with Crippen LogP contribution in [0.2, 0.25) is 10.0 Å². The lowest BCUT2D eigenvalue weighted by molar-refractivity contribution is 0.0922. The molecular formula is C18H20Cl2N4O. The third-order valence-electron chi connectivity index (χ3n) is 4.20. The van der Waals surface area contributed by atoms with Crippen LogP contribution in [0.4, 0.5) is 11.6 Å². The molecule has 0 bridgehead atoms. The molecule has 1 heterocycles. The van der Waals surface area contributed by atoms with E-state index in [4.69, 9.17) is 23.2 Å². The number of aryl methyl sites for hydroxylation is 1. The normalized spacial score (nSPS) is 15.0. The number of nitrogens with zero attached hydrogens (tertiary/aromatic N) is 2. The van der Waals surface area contributed by atoms with E-state index in [0.717, 1.165) is 25.7 Å². The number of hydrogen-bond donors (Lipinski definition) is 2. The summed E-state index contributed by atoms with van der Waals surface area (Å²) in [5, 5.41) is 7.16. The Morgan fingerprint density at radius 2 is 1.88 bits per heavy atom. The van der Waals surface area contributed by atoms with E-state index in [1.165, 1.54) is 6.42 Å². The Kier molecular flexibility index (Phi) is 5.76. The van der Waals surface area contributed by atoms with Crippen LogP contribution in [0.1, 0.15) is 48.3 Å². The summed E-state index contributed by atoms with van der Waals surface area (Å²) in [6.45, 7) is 1.82. The van der Waals surface area contributed by atoms with E-state index in [-0.39, 0.29) is 11.9 Å². The van der Waals surface area contributed by atoms with Crippen molar-refractivity contribution in [2.45, 2.75) is 45.1 Å². The number of carbonyl (C=O) groups is 1. The van der Waals surface area contributed by atoms with Crippen molar-refractivity contribution >= 4 is 40.7 Å². The molecular weight excluding hydrogens is 359 g/mol. The highest BCUT2D eigenvalue weighted by atomic mass is 35.5. The predicted octanol–water partition coefficient (Wildman–Crippen LogP) is 4.90. The maximum atomic E-state index is 12.5. The average molecular weight is 379 g/mol. The molecule has 1 aliphatic rings. The molecule has 2 aromatic rings. The molecule has 0 unspecified atom stereocenters. The second kappa shape index (κ2) is 8.02. The third-order valence-corrected chi connectivity index (χ3v) is 4.77. The summed E-state index contributed by atoms with van der Waals surface area (Å²) in [6, 6.07) is 7.00. The average Bonchev–Trinajstić information content (AvgIpc) is 2.58. The highest BCUT2D eigenvalue weighted by Crippen LogP contribution is 2.27. The highest BCUT2D eigenvalue weighted by molar-refractivity contribution is 6.35. The first-order valence-corrected chi connectivity index (χ1v) is 9.15. The molecule has 3 rings (SSSR count). The van der Waals surface area contributed by atoms with E-state index in [9.17, 15) is 4.79 Å². The SMILES string of the molecule is Cc1cc(C(=O)NC2CCCCC2)nc(Nc2cc(Cl)ccc2Cl)n1. The van der Waals surface area contributed by atoms with Gasteiger partial charge in [0.25, 0.3) is 5.91 Å². The molecule has 132 valence electrons. The molecule has 1 aromatic carbocycles. The number of aromatic nitrogens is 2. The molecule has 1 fully saturated rings. The first-order chi connectivity index (χ1) is 12.0. The quantitative estimate of drug-likeness (QED) is 0.793. The molecule has 0 radical (unpaired) electrons. The highest BCUT2D eigenvalue weighted by Gasteiger charge is 2.18. The Balaban J connectivity index is 1.77. The van der Waals surface area contributed by atoms with Gasteiger partial charge in [-0.3, -0.25) is 4.79 Å². The number of nitrogens with one attached hydrogen (secondary N) is 2. The number of rotatable bonds is 4. The molecule has 0 atom stereocenters. The Bertz CT molecular complexity index is 776. The fraction of sp³-hybridized carbons (Fsp3) is 0.389. The van der Waals surface area contributed by atoms with Crippen LogP contribution >= 0.6 is 23.2 Å². The van der Waals surface area contributed by atoms with Gasteiger partial charge in [-0.05, 0) is 44.0 Å². The van der Waals surface area contributed by atoms with Crippen molar-refractivity contribution in [2.75, 3.05) is 5.32 Å². The van der Waals surface area contributed by atoms with Crippen LogP contribution in [0.15, 0.2) is 24.3 Å². The Morgan fingerprint density at radius 3 is 2.64 bits per heavy atom. The summed E-state index contributed by atoms with van der Waals surface area (Å²) >= 11 is 12.2. The number of benzene rings is 1. The van der Waals surface area contributed by atoms with Crippen molar-refractivity contribution in [3.05, 3.63) is 45.7 Å². The Labute approximate surface area is 157 Å². The van der Waals surface area contributed by atoms with Crippen molar-refractivity contribution in [3.8, 4) is 0 Å². The lowest BCUT2D eigenvalue weighted by atomic mass is 9.95. The van der Waals surface area contributed by atoms with Gasteiger partial charge in [0.1, 0.15) is 5.69 Å². The van der Waals surface area contributed by atoms with Crippen LogP contribution in [0.3, 0.4) is 0 Å². The van der Waals surface area contributed by atoms with E-state index in [1.54, 1.807) is 24.3 Å². The fourth-order valence-corrected chi connectivity index (χ4v) is 3.30. The zero-order valence-corrected chi connectivity index (χ0v) is 15.5. The molecule has 1 saturated carbocycles. The second-order valence-electron chi connectivity index (χ2n) is 6.28. The van der Waals surface area contributed by atoms with Gasteiger partial charge in [0.05, 0.1) is 10.7 Å². The van der Waals surface area contributed by atoms with Crippen LogP contribution in [-0.2, 0) is 0 Å². The van der Waals surface area contributed by atoms with Crippen molar-refractivity contribution < 1.29 is 4.79 Å². The number of hydrogen-bond acceptors (Lipinski definition) is 4. The smallest absolute Gasteiger partial charge is 0.270 e. The van der Waals surface area contributed by atoms with Crippen molar-refractivity contribution in [3.63, 3.8) is 0 Å². The first-order valence-electron chi connectivity index (χ1n) is 8.40. The summed E-state index contributed by atoms with van der Waals surface area (Å²) < 4.78 is 0. The van der Waals surface area contributed by atoms with Crippen LogP contribution in [0.5, 0.6) is 0 Å². The van der Waals surface area contributed by atoms with Crippen molar-refractivity contribution in [2.24, 2.45) is 0 Å². The standard InChI is InChI=1S/C18H20Cl2N4O/c1-11-9-16(17(25)22-13-5-3-2-4-6-13)24-18(21-11)23-15-10-12(19)7-8-14(15)20/h7-10,13H,2-6H2,1H3,(H,22,25)(H,21,23,24). The molecule has 0 saturated heterocycles. The molecule has 1 amide bonds. The van der Waals surface area contributed by atoms with Gasteiger partial charge >= 0.3 is 0 Å². The van der Waals surface area contributed by atoms with Gasteiger partial charge in [0.15, 0.2) is 0 Å². The lowest BCUT2D eigenvalue weighted by Gasteiger charge is -2.22. The van der Waals surface area contributed by atoms with Gasteiger partial charge in [-0.2, -0.15) is 0 Å². The summed E-state index contributed by atoms with van der Waals surface area (Å²) in [7, 11) is 0. The first kappa shape index (κ1) is 18.0. The van der Waals surface area contributed by atoms with Gasteiger partial charge in [0.2, 0.25) is 5.95 Å². The second-order valence-corrected chi connectivity index (χ2v) is 7.12. The number of anilines is 2. The van der Waals surface area contributed by atoms with Crippen molar-refractivity contribution in [1.82, 2.24) is 15.3 Å². The van der Waals surface area contributed by atoms with Gasteiger partial charge in [-0.15, -0.1) is 0 Å². The van der Waals surface area contributed by atoms with Crippen LogP contribution in [0, 0.1) is 6.92 Å². The minimum atomic E-state index is -0.169. The zero-order valence-electron chi connectivity index (χ0n) is 14.0. The van der Waals surface area contributed by atoms with E-state index in [1.807, 2.05) is 6.92 Å². The van der Waals surface area contributed by atoms with E-state index >= 15 is 0 Å². The maximum absolute atomic E-state index is 12.5. The topological polar surface area (TPSA) is 66.9 Å². The summed E-state index contributed by atoms with van der Waals surface area (Å²) in [5.74, 6) is 0.149. The Hall–Kier alpha value is -1.85. The third kappa shape index (κ3) is 4.83. The summed E-state index contributed by atoms with van der Waals surface area (Å²) in [4.78, 5) is 21.2. The molecule has 0 spiro atoms. The van der Waals surface area contributed by atoms with Crippen LogP contribution in [0.25, 0.3) is 0 Å². The monoisotopic (exact) mass is 378 g/mol. The van der Waals surface area contributed by atoms with Crippen LogP contribution in [-0.4, -0.2) is 21.9 Å². The minimum absolute atomic E-state index is 0.169. The summed E-state index contributed by atoms with van der Waals surface area (Å²) in [6.07, 6.45) is 5.62.